The number of likely N-dealkylation sites (N-methyl/N-ethyl adjacent to an activating group) is 1. The number of nitrogens with one attached hydrogen (secondary N) is 2. The molecular formula is C23H23F3N6O. The zero-order valence-electron chi connectivity index (χ0n) is 18.1. The van der Waals surface area contributed by atoms with Crippen molar-refractivity contribution in [3.05, 3.63) is 72.3 Å². The second-order valence-electron chi connectivity index (χ2n) is 7.30. The Bertz CT molecular complexity index is 1210. The number of aromatic nitrogens is 2. The van der Waals surface area contributed by atoms with E-state index in [1.54, 1.807) is 35.9 Å². The van der Waals surface area contributed by atoms with Gasteiger partial charge in [0.1, 0.15) is 12.2 Å². The van der Waals surface area contributed by atoms with Crippen molar-refractivity contribution >= 4 is 30.2 Å². The largest absolute Gasteiger partial charge is 0.405 e. The Labute approximate surface area is 189 Å². The van der Waals surface area contributed by atoms with E-state index in [1.807, 2.05) is 59.9 Å². The lowest BCUT2D eigenvalue weighted by atomic mass is 10.1. The third-order valence-electron chi connectivity index (χ3n) is 4.59. The number of rotatable bonds is 7. The molecule has 0 aliphatic carbocycles. The van der Waals surface area contributed by atoms with Gasteiger partial charge in [-0.2, -0.15) is 13.2 Å². The zero-order chi connectivity index (χ0) is 24.0. The van der Waals surface area contributed by atoms with Gasteiger partial charge >= 0.3 is 12.2 Å². The molecule has 3 aromatic rings. The van der Waals surface area contributed by atoms with E-state index in [9.17, 15) is 18.0 Å². The van der Waals surface area contributed by atoms with E-state index in [4.69, 9.17) is 0 Å². The van der Waals surface area contributed by atoms with Crippen LogP contribution in [0.3, 0.4) is 0 Å². The van der Waals surface area contributed by atoms with Crippen LogP contribution in [0.25, 0.3) is 23.0 Å². The monoisotopic (exact) mass is 456 g/mol. The summed E-state index contributed by atoms with van der Waals surface area (Å²) in [5.41, 5.74) is 4.41. The second kappa shape index (κ2) is 10.0. The van der Waals surface area contributed by atoms with Crippen molar-refractivity contribution in [2.24, 2.45) is 4.99 Å². The third kappa shape index (κ3) is 6.45. The number of nitrogens with zero attached hydrogens (tertiary/aromatic N) is 4. The number of carbonyl (C=O) groups excluding carboxylic acids is 1. The van der Waals surface area contributed by atoms with Gasteiger partial charge < -0.3 is 15.5 Å². The minimum atomic E-state index is -4.48. The quantitative estimate of drug-likeness (QED) is 0.396. The fraction of sp³-hybridized carbons (Fsp3) is 0.174. The molecule has 2 amide bonds. The Morgan fingerprint density at radius 2 is 2.06 bits per heavy atom. The van der Waals surface area contributed by atoms with E-state index in [0.717, 1.165) is 22.5 Å². The Morgan fingerprint density at radius 1 is 1.27 bits per heavy atom. The molecule has 1 aromatic carbocycles. The number of aliphatic imine (C=N–C) groups is 1. The van der Waals surface area contributed by atoms with Crippen molar-refractivity contribution in [1.29, 1.82) is 0 Å². The highest BCUT2D eigenvalue weighted by atomic mass is 19.4. The molecule has 2 aromatic heterocycles. The van der Waals surface area contributed by atoms with Crippen molar-refractivity contribution in [3.63, 3.8) is 0 Å². The second-order valence-corrected chi connectivity index (χ2v) is 7.30. The summed E-state index contributed by atoms with van der Waals surface area (Å²) in [6.07, 6.45) is 4.61. The van der Waals surface area contributed by atoms with Crippen LogP contribution in [0.4, 0.5) is 23.7 Å². The number of imidazole rings is 1. The molecule has 2 heterocycles. The van der Waals surface area contributed by atoms with E-state index >= 15 is 0 Å². The molecule has 33 heavy (non-hydrogen) atoms. The molecule has 10 heteroatoms. The maximum Gasteiger partial charge on any atom is 0.405 e. The Morgan fingerprint density at radius 3 is 2.76 bits per heavy atom. The molecule has 0 bridgehead atoms. The molecule has 3 rings (SSSR count). The van der Waals surface area contributed by atoms with Crippen molar-refractivity contribution in [2.75, 3.05) is 26.0 Å². The molecule has 2 N–H and O–H groups in total. The molecule has 0 aliphatic rings. The fourth-order valence-corrected chi connectivity index (χ4v) is 3.01. The van der Waals surface area contributed by atoms with Crippen molar-refractivity contribution in [1.82, 2.24) is 19.6 Å². The molecule has 0 atom stereocenters. The van der Waals surface area contributed by atoms with Gasteiger partial charge in [-0.15, -0.1) is 0 Å². The molecule has 0 fully saturated rings. The van der Waals surface area contributed by atoms with Crippen LogP contribution in [0.15, 0.2) is 71.8 Å². The molecule has 0 radical (unpaired) electrons. The minimum absolute atomic E-state index is 0.362. The average molecular weight is 456 g/mol. The van der Waals surface area contributed by atoms with E-state index in [2.05, 4.69) is 22.0 Å². The van der Waals surface area contributed by atoms with E-state index < -0.39 is 18.8 Å². The molecule has 0 spiro atoms. The number of anilines is 1. The van der Waals surface area contributed by atoms with Crippen molar-refractivity contribution in [3.8, 4) is 11.3 Å². The number of urea groups is 1. The molecule has 0 saturated carbocycles. The number of hydrogen-bond acceptors (Lipinski definition) is 4. The van der Waals surface area contributed by atoms with E-state index in [-0.39, 0.29) is 0 Å². The Hall–Kier alpha value is -4.08. The van der Waals surface area contributed by atoms with Gasteiger partial charge in [0.25, 0.3) is 0 Å². The van der Waals surface area contributed by atoms with Crippen molar-refractivity contribution < 1.29 is 18.0 Å². The Balaban J connectivity index is 1.80. The minimum Gasteiger partial charge on any atom is -0.376 e. The van der Waals surface area contributed by atoms with Crippen LogP contribution in [-0.4, -0.2) is 53.8 Å². The van der Waals surface area contributed by atoms with Crippen LogP contribution >= 0.6 is 0 Å². The van der Waals surface area contributed by atoms with Gasteiger partial charge in [0.15, 0.2) is 0 Å². The standard InChI is InChI=1S/C23H23F3N6O/c1-27-13-19(31(2)3)8-7-16-9-10-32-20(14-28-21(32)11-16)17-5-4-6-18(12-17)30-22(33)29-15-23(24,25)26/h4-14H,1,15H2,2-3H3,(H2,29,30,33)/b8-7+,19-13-. The number of amides is 2. The number of pyridine rings is 1. The summed E-state index contributed by atoms with van der Waals surface area (Å²) in [5, 5.41) is 4.19. The van der Waals surface area contributed by atoms with Crippen LogP contribution in [0.2, 0.25) is 0 Å². The number of fused-ring (bicyclic) bond motifs is 1. The number of carbonyl (C=O) groups is 1. The normalized spacial score (nSPS) is 12.2. The highest BCUT2D eigenvalue weighted by molar-refractivity contribution is 5.90. The van der Waals surface area contributed by atoms with Crippen LogP contribution in [0.1, 0.15) is 5.56 Å². The highest BCUT2D eigenvalue weighted by Crippen LogP contribution is 2.24. The lowest BCUT2D eigenvalue weighted by Crippen LogP contribution is -2.36. The maximum absolute atomic E-state index is 12.3. The summed E-state index contributed by atoms with van der Waals surface area (Å²) in [6, 6.07) is 9.70. The predicted molar refractivity (Wildman–Crippen MR) is 124 cm³/mol. The molecular weight excluding hydrogens is 433 g/mol. The lowest BCUT2D eigenvalue weighted by Gasteiger charge is -2.12. The SMILES string of the molecule is C=N/C=C(/C=C/c1ccn2c(-c3cccc(NC(=O)NCC(F)(F)F)c3)cnc2c1)N(C)C. The number of benzene rings is 1. The smallest absolute Gasteiger partial charge is 0.376 e. The number of alkyl halides is 3. The molecule has 0 aliphatic heterocycles. The first kappa shape index (κ1) is 23.6. The van der Waals surface area contributed by atoms with Crippen LogP contribution in [-0.2, 0) is 0 Å². The summed E-state index contributed by atoms with van der Waals surface area (Å²) in [4.78, 5) is 21.9. The van der Waals surface area contributed by atoms with Crippen LogP contribution in [0.5, 0.6) is 0 Å². The summed E-state index contributed by atoms with van der Waals surface area (Å²) < 4.78 is 38.7. The first-order valence-electron chi connectivity index (χ1n) is 9.87. The van der Waals surface area contributed by atoms with Crippen LogP contribution in [0, 0.1) is 0 Å². The fourth-order valence-electron chi connectivity index (χ4n) is 3.01. The van der Waals surface area contributed by atoms with E-state index in [0.29, 0.717) is 11.3 Å². The van der Waals surface area contributed by atoms with Gasteiger partial charge in [-0.25, -0.2) is 9.78 Å². The number of hydrogen-bond donors (Lipinski definition) is 2. The number of allylic oxidation sites excluding steroid dienone is 1. The topological polar surface area (TPSA) is 74.0 Å². The summed E-state index contributed by atoms with van der Waals surface area (Å²) in [7, 11) is 3.82. The summed E-state index contributed by atoms with van der Waals surface area (Å²) in [5.74, 6) is 0. The summed E-state index contributed by atoms with van der Waals surface area (Å²) in [6.45, 7) is 2.07. The van der Waals surface area contributed by atoms with Gasteiger partial charge in [-0.05, 0) is 42.6 Å². The van der Waals surface area contributed by atoms with Gasteiger partial charge in [-0.1, -0.05) is 18.2 Å². The molecule has 7 nitrogen and oxygen atoms in total. The van der Waals surface area contributed by atoms with Crippen LogP contribution < -0.4 is 10.6 Å². The molecule has 0 unspecified atom stereocenters. The average Bonchev–Trinajstić information content (AvgIpc) is 3.18. The lowest BCUT2D eigenvalue weighted by molar-refractivity contribution is -0.122. The van der Waals surface area contributed by atoms with Gasteiger partial charge in [0.05, 0.1) is 17.6 Å². The first-order valence-corrected chi connectivity index (χ1v) is 9.87. The third-order valence-corrected chi connectivity index (χ3v) is 4.59. The maximum atomic E-state index is 12.3. The molecule has 172 valence electrons. The van der Waals surface area contributed by atoms with Gasteiger partial charge in [0.2, 0.25) is 0 Å². The first-order chi connectivity index (χ1) is 15.7. The Kier molecular flexibility index (Phi) is 7.17. The van der Waals surface area contributed by atoms with E-state index in [1.165, 1.54) is 0 Å². The number of halogens is 3. The molecule has 0 saturated heterocycles. The zero-order valence-corrected chi connectivity index (χ0v) is 18.1. The summed E-state index contributed by atoms with van der Waals surface area (Å²) >= 11 is 0. The van der Waals surface area contributed by atoms with Gasteiger partial charge in [0, 0.05) is 37.7 Å². The highest BCUT2D eigenvalue weighted by Gasteiger charge is 2.27. The van der Waals surface area contributed by atoms with Gasteiger partial charge in [-0.3, -0.25) is 9.39 Å². The predicted octanol–water partition coefficient (Wildman–Crippen LogP) is 4.80. The van der Waals surface area contributed by atoms with Crippen molar-refractivity contribution in [2.45, 2.75) is 6.18 Å².